The van der Waals surface area contributed by atoms with Crippen molar-refractivity contribution < 1.29 is 49.3 Å². The highest BCUT2D eigenvalue weighted by Gasteiger charge is 2.47. The summed E-state index contributed by atoms with van der Waals surface area (Å²) in [5.74, 6) is -1.20. The average molecular weight is 1250 g/mol. The lowest BCUT2D eigenvalue weighted by atomic mass is 9.99. The molecular weight excluding hydrogens is 1110 g/mol. The number of esters is 1. The number of carbonyl (C=O) groups excluding carboxylic acids is 2. The smallest absolute Gasteiger partial charge is 0.306 e. The van der Waals surface area contributed by atoms with Crippen LogP contribution in [-0.2, 0) is 23.8 Å². The van der Waals surface area contributed by atoms with Crippen LogP contribution in [-0.4, -0.2) is 99.6 Å². The highest BCUT2D eigenvalue weighted by Crippen LogP contribution is 2.26. The first kappa shape index (κ1) is 84.1. The van der Waals surface area contributed by atoms with Gasteiger partial charge < -0.3 is 45.1 Å². The molecule has 0 spiro atoms. The predicted octanol–water partition coefficient (Wildman–Crippen LogP) is 19.9. The molecule has 1 aliphatic heterocycles. The number of allylic oxidation sites excluding steroid dienone is 11. The van der Waals surface area contributed by atoms with Crippen molar-refractivity contribution in [2.24, 2.45) is 0 Å². The van der Waals surface area contributed by atoms with Gasteiger partial charge in [-0.15, -0.1) is 0 Å². The van der Waals surface area contributed by atoms with Gasteiger partial charge in [0, 0.05) is 6.42 Å². The van der Waals surface area contributed by atoms with Gasteiger partial charge in [-0.05, 0) is 70.6 Å². The predicted molar refractivity (Wildman–Crippen MR) is 375 cm³/mol. The molecule has 11 heteroatoms. The summed E-state index contributed by atoms with van der Waals surface area (Å²) < 4.78 is 17.7. The maximum atomic E-state index is 13.5. The Morgan fingerprint density at radius 2 is 0.809 bits per heavy atom. The first-order valence-corrected chi connectivity index (χ1v) is 37.7. The molecule has 0 saturated carbocycles. The molecule has 1 rings (SSSR count). The molecule has 0 aromatic heterocycles. The Morgan fingerprint density at radius 3 is 1.21 bits per heavy atom. The maximum absolute atomic E-state index is 13.5. The Kier molecular flexibility index (Phi) is 61.6. The zero-order chi connectivity index (χ0) is 64.6. The van der Waals surface area contributed by atoms with E-state index in [9.17, 15) is 35.1 Å². The van der Waals surface area contributed by atoms with Crippen LogP contribution in [0.3, 0.4) is 0 Å². The zero-order valence-electron chi connectivity index (χ0n) is 57.8. The van der Waals surface area contributed by atoms with E-state index in [-0.39, 0.29) is 13.0 Å². The van der Waals surface area contributed by atoms with Gasteiger partial charge in [-0.25, -0.2) is 0 Å². The van der Waals surface area contributed by atoms with Crippen LogP contribution in [0.25, 0.3) is 0 Å². The minimum Gasteiger partial charge on any atom is -0.454 e. The SMILES string of the molecule is CC/C=C\C/C=C\C/C=C\C/C=C\C/C=C\CCCCCCCCCC(=O)OC1C(OCC(NC(=O)C(O)CCCCCCCCCCCCCCCCCCCCCCCCCCCC)C(O)/C=C/CCCCCCCCCCC)OC(CO)C(O)C1O. The zero-order valence-corrected chi connectivity index (χ0v) is 57.8. The second-order valence-corrected chi connectivity index (χ2v) is 26.0. The van der Waals surface area contributed by atoms with Gasteiger partial charge in [-0.3, -0.25) is 9.59 Å². The van der Waals surface area contributed by atoms with Crippen LogP contribution in [0, 0.1) is 0 Å². The summed E-state index contributed by atoms with van der Waals surface area (Å²) >= 11 is 0. The number of aliphatic hydroxyl groups excluding tert-OH is 5. The highest BCUT2D eigenvalue weighted by molar-refractivity contribution is 5.80. The van der Waals surface area contributed by atoms with Crippen molar-refractivity contribution in [3.8, 4) is 0 Å². The molecule has 0 aliphatic carbocycles. The molecule has 6 N–H and O–H groups in total. The lowest BCUT2D eigenvalue weighted by Gasteiger charge is -2.41. The minimum atomic E-state index is -1.62. The Labute approximate surface area is 547 Å². The standard InChI is InChI=1S/C78H141NO10/c1-4-7-10-13-16-19-22-24-26-28-30-32-34-35-36-38-39-41-43-45-47-50-53-56-59-62-65-71(82)77(86)79-69(70(81)64-61-58-55-52-49-21-18-15-12-9-6-3)68-87-78-76(75(85)74(84)72(67-80)88-78)89-73(83)66-63-60-57-54-51-48-46-44-42-40-37-33-31-29-27-25-23-20-17-14-11-8-5-2/h8,11,17,20,25,27,31,33,40,42,61,64,69-72,74-76,78,80-82,84-85H,4-7,9-10,12-16,18-19,21-24,26,28-30,32,34-39,41,43-60,62-63,65-68H2,1-3H3,(H,79,86)/b11-8-,20-17-,27-25-,33-31-,42-40-,64-61+. The van der Waals surface area contributed by atoms with E-state index in [0.717, 1.165) is 116 Å². The van der Waals surface area contributed by atoms with Gasteiger partial charge in [0.1, 0.15) is 24.4 Å². The summed E-state index contributed by atoms with van der Waals surface area (Å²) in [5, 5.41) is 57.3. The van der Waals surface area contributed by atoms with E-state index in [1.165, 1.54) is 186 Å². The lowest BCUT2D eigenvalue weighted by molar-refractivity contribution is -0.305. The number of hydrogen-bond acceptors (Lipinski definition) is 10. The molecule has 0 radical (unpaired) electrons. The van der Waals surface area contributed by atoms with Crippen LogP contribution in [0.4, 0.5) is 0 Å². The van der Waals surface area contributed by atoms with Gasteiger partial charge in [0.2, 0.25) is 5.91 Å². The minimum absolute atomic E-state index is 0.109. The van der Waals surface area contributed by atoms with Crippen LogP contribution in [0.1, 0.15) is 348 Å². The fourth-order valence-corrected chi connectivity index (χ4v) is 11.7. The summed E-state index contributed by atoms with van der Waals surface area (Å²) in [6.07, 6.45) is 75.3. The number of unbranched alkanes of at least 4 members (excludes halogenated alkanes) is 41. The number of aliphatic hydroxyl groups is 5. The van der Waals surface area contributed by atoms with Crippen molar-refractivity contribution in [3.05, 3.63) is 72.9 Å². The number of rotatable bonds is 65. The molecular formula is C78H141NO10. The maximum Gasteiger partial charge on any atom is 0.306 e. The number of hydrogen-bond donors (Lipinski definition) is 6. The van der Waals surface area contributed by atoms with Gasteiger partial charge in [-0.2, -0.15) is 0 Å². The van der Waals surface area contributed by atoms with Gasteiger partial charge in [0.15, 0.2) is 12.4 Å². The van der Waals surface area contributed by atoms with Gasteiger partial charge in [-0.1, -0.05) is 344 Å². The number of ether oxygens (including phenoxy) is 3. The van der Waals surface area contributed by atoms with E-state index < -0.39 is 67.4 Å². The van der Waals surface area contributed by atoms with E-state index in [0.29, 0.717) is 19.3 Å². The molecule has 11 nitrogen and oxygen atoms in total. The molecule has 0 aromatic carbocycles. The van der Waals surface area contributed by atoms with Gasteiger partial charge >= 0.3 is 5.97 Å². The molecule has 1 amide bonds. The molecule has 1 saturated heterocycles. The molecule has 518 valence electrons. The van der Waals surface area contributed by atoms with Gasteiger partial charge in [0.05, 0.1) is 25.4 Å². The van der Waals surface area contributed by atoms with Crippen molar-refractivity contribution in [2.45, 2.75) is 397 Å². The Morgan fingerprint density at radius 1 is 0.449 bits per heavy atom. The first-order valence-electron chi connectivity index (χ1n) is 37.7. The molecule has 0 bridgehead atoms. The molecule has 1 fully saturated rings. The number of amides is 1. The molecule has 1 heterocycles. The largest absolute Gasteiger partial charge is 0.454 e. The fourth-order valence-electron chi connectivity index (χ4n) is 11.7. The monoisotopic (exact) mass is 1250 g/mol. The normalized spacial score (nSPS) is 18.5. The summed E-state index contributed by atoms with van der Waals surface area (Å²) in [6, 6.07) is -1.03. The van der Waals surface area contributed by atoms with Gasteiger partial charge in [0.25, 0.3) is 0 Å². The average Bonchev–Trinajstić information content (AvgIpc) is 1.97. The third-order valence-electron chi connectivity index (χ3n) is 17.6. The van der Waals surface area contributed by atoms with Crippen molar-refractivity contribution in [1.29, 1.82) is 0 Å². The topological polar surface area (TPSA) is 175 Å². The quantitative estimate of drug-likeness (QED) is 0.0195. The van der Waals surface area contributed by atoms with E-state index in [4.69, 9.17) is 14.2 Å². The number of carbonyl (C=O) groups is 2. The summed E-state index contributed by atoms with van der Waals surface area (Å²) in [5.41, 5.74) is 0. The second-order valence-electron chi connectivity index (χ2n) is 26.0. The van der Waals surface area contributed by atoms with Crippen LogP contribution in [0.5, 0.6) is 0 Å². The Bertz CT molecular complexity index is 1730. The number of nitrogens with one attached hydrogen (secondary N) is 1. The summed E-state index contributed by atoms with van der Waals surface area (Å²) in [6.45, 7) is 5.71. The van der Waals surface area contributed by atoms with Crippen molar-refractivity contribution in [1.82, 2.24) is 5.32 Å². The molecule has 8 atom stereocenters. The van der Waals surface area contributed by atoms with E-state index in [1.807, 2.05) is 6.08 Å². The molecule has 0 aromatic rings. The van der Waals surface area contributed by atoms with Crippen LogP contribution < -0.4 is 5.32 Å². The summed E-state index contributed by atoms with van der Waals surface area (Å²) in [7, 11) is 0. The van der Waals surface area contributed by atoms with Crippen molar-refractivity contribution >= 4 is 11.9 Å². The highest BCUT2D eigenvalue weighted by atomic mass is 16.7. The Balaban J connectivity index is 2.51. The van der Waals surface area contributed by atoms with E-state index in [1.54, 1.807) is 6.08 Å². The first-order chi connectivity index (χ1) is 43.7. The lowest BCUT2D eigenvalue weighted by Crippen LogP contribution is -2.61. The molecule has 8 unspecified atom stereocenters. The molecule has 1 aliphatic rings. The third-order valence-corrected chi connectivity index (χ3v) is 17.6. The van der Waals surface area contributed by atoms with E-state index >= 15 is 0 Å². The van der Waals surface area contributed by atoms with Crippen molar-refractivity contribution in [2.75, 3.05) is 13.2 Å². The third kappa shape index (κ3) is 52.2. The Hall–Kier alpha value is -2.90. The van der Waals surface area contributed by atoms with E-state index in [2.05, 4.69) is 86.8 Å². The summed E-state index contributed by atoms with van der Waals surface area (Å²) in [4.78, 5) is 26.7. The molecule has 89 heavy (non-hydrogen) atoms. The van der Waals surface area contributed by atoms with Crippen LogP contribution in [0.15, 0.2) is 72.9 Å². The second kappa shape index (κ2) is 65.2. The van der Waals surface area contributed by atoms with Crippen LogP contribution >= 0.6 is 0 Å². The van der Waals surface area contributed by atoms with Crippen LogP contribution in [0.2, 0.25) is 0 Å². The van der Waals surface area contributed by atoms with Crippen molar-refractivity contribution in [3.63, 3.8) is 0 Å². The fraction of sp³-hybridized carbons (Fsp3) is 0.821.